The highest BCUT2D eigenvalue weighted by molar-refractivity contribution is 6.01. The molecule has 3 rings (SSSR count). The fourth-order valence-corrected chi connectivity index (χ4v) is 2.84. The molecule has 0 aliphatic rings. The number of aromatic hydroxyl groups is 1. The monoisotopic (exact) mass is 381 g/mol. The number of amides is 1. The van der Waals surface area contributed by atoms with Gasteiger partial charge in [-0.15, -0.1) is 0 Å². The highest BCUT2D eigenvalue weighted by Gasteiger charge is 2.17. The standard InChI is InChI=1S/C20H19N3O5/c24-16(25)7-4-9-21-19(27)17-18(26)14-8-10-23(20(28)15(14)11-22-17)12-13-5-2-1-3-6-13/h1-3,5-6,8,10-11,26H,4,7,9,12H2,(H,21,27)(H,24,25). The predicted octanol–water partition coefficient (Wildman–Crippen LogP) is 1.74. The van der Waals surface area contributed by atoms with Crippen LogP contribution in [-0.4, -0.2) is 38.2 Å². The van der Waals surface area contributed by atoms with E-state index in [9.17, 15) is 19.5 Å². The van der Waals surface area contributed by atoms with Crippen molar-refractivity contribution in [2.45, 2.75) is 19.4 Å². The molecule has 0 aliphatic heterocycles. The van der Waals surface area contributed by atoms with E-state index in [0.29, 0.717) is 6.54 Å². The van der Waals surface area contributed by atoms with Gasteiger partial charge in [0.15, 0.2) is 11.4 Å². The number of nitrogens with one attached hydrogen (secondary N) is 1. The maximum absolute atomic E-state index is 12.7. The molecule has 3 aromatic rings. The van der Waals surface area contributed by atoms with Crippen molar-refractivity contribution in [3.63, 3.8) is 0 Å². The number of carboxylic acid groups (broad SMARTS) is 1. The molecule has 28 heavy (non-hydrogen) atoms. The maximum atomic E-state index is 12.7. The van der Waals surface area contributed by atoms with Gasteiger partial charge < -0.3 is 20.1 Å². The molecule has 3 N–H and O–H groups in total. The quantitative estimate of drug-likeness (QED) is 0.536. The van der Waals surface area contributed by atoms with E-state index < -0.39 is 11.9 Å². The van der Waals surface area contributed by atoms with Gasteiger partial charge in [-0.05, 0) is 18.1 Å². The molecule has 0 saturated heterocycles. The zero-order valence-corrected chi connectivity index (χ0v) is 15.0. The molecule has 2 aromatic heterocycles. The Bertz CT molecular complexity index is 1080. The van der Waals surface area contributed by atoms with Crippen molar-refractivity contribution >= 4 is 22.6 Å². The van der Waals surface area contributed by atoms with E-state index in [0.717, 1.165) is 5.56 Å². The molecule has 0 bridgehead atoms. The summed E-state index contributed by atoms with van der Waals surface area (Å²) in [7, 11) is 0. The molecule has 8 nitrogen and oxygen atoms in total. The Morgan fingerprint density at radius 1 is 1.11 bits per heavy atom. The summed E-state index contributed by atoms with van der Waals surface area (Å²) < 4.78 is 1.50. The molecule has 0 fully saturated rings. The van der Waals surface area contributed by atoms with Gasteiger partial charge in [0.05, 0.1) is 11.9 Å². The number of carbonyl (C=O) groups excluding carboxylic acids is 1. The minimum absolute atomic E-state index is 0.0711. The molecule has 8 heteroatoms. The molecule has 0 atom stereocenters. The largest absolute Gasteiger partial charge is 0.505 e. The smallest absolute Gasteiger partial charge is 0.303 e. The van der Waals surface area contributed by atoms with Crippen LogP contribution in [0.2, 0.25) is 0 Å². The molecule has 0 saturated carbocycles. The molecule has 0 spiro atoms. The average Bonchev–Trinajstić information content (AvgIpc) is 2.68. The zero-order valence-electron chi connectivity index (χ0n) is 15.0. The van der Waals surface area contributed by atoms with Crippen LogP contribution < -0.4 is 10.9 Å². The first-order valence-corrected chi connectivity index (χ1v) is 8.72. The summed E-state index contributed by atoms with van der Waals surface area (Å²) >= 11 is 0. The molecular weight excluding hydrogens is 362 g/mol. The summed E-state index contributed by atoms with van der Waals surface area (Å²) in [5.74, 6) is -1.96. The normalized spacial score (nSPS) is 10.7. The Morgan fingerprint density at radius 3 is 2.57 bits per heavy atom. The SMILES string of the molecule is O=C(O)CCCNC(=O)c1ncc2c(=O)n(Cc3ccccc3)ccc2c1O. The van der Waals surface area contributed by atoms with Gasteiger partial charge in [0.1, 0.15) is 0 Å². The van der Waals surface area contributed by atoms with Gasteiger partial charge in [-0.3, -0.25) is 14.4 Å². The van der Waals surface area contributed by atoms with Crippen molar-refractivity contribution < 1.29 is 19.8 Å². The molecule has 0 unspecified atom stereocenters. The molecule has 0 radical (unpaired) electrons. The number of hydrogen-bond donors (Lipinski definition) is 3. The van der Waals surface area contributed by atoms with E-state index in [4.69, 9.17) is 5.11 Å². The van der Waals surface area contributed by atoms with Gasteiger partial charge in [-0.25, -0.2) is 4.98 Å². The van der Waals surface area contributed by atoms with Crippen LogP contribution in [0.4, 0.5) is 0 Å². The number of rotatable bonds is 7. The minimum atomic E-state index is -0.951. The zero-order chi connectivity index (χ0) is 20.1. The minimum Gasteiger partial charge on any atom is -0.505 e. The Labute approximate surface area is 160 Å². The summed E-state index contributed by atoms with van der Waals surface area (Å²) in [6, 6.07) is 11.0. The van der Waals surface area contributed by atoms with Gasteiger partial charge in [0, 0.05) is 30.7 Å². The fraction of sp³-hybridized carbons (Fsp3) is 0.200. The van der Waals surface area contributed by atoms with Crippen molar-refractivity contribution in [2.24, 2.45) is 0 Å². The van der Waals surface area contributed by atoms with Crippen molar-refractivity contribution in [1.82, 2.24) is 14.9 Å². The summed E-state index contributed by atoms with van der Waals surface area (Å²) in [5.41, 5.74) is 0.430. The molecule has 144 valence electrons. The van der Waals surface area contributed by atoms with E-state index in [-0.39, 0.29) is 47.2 Å². The Kier molecular flexibility index (Phi) is 5.69. The molecule has 1 amide bonds. The van der Waals surface area contributed by atoms with Crippen LogP contribution in [0.5, 0.6) is 5.75 Å². The fourth-order valence-electron chi connectivity index (χ4n) is 2.84. The van der Waals surface area contributed by atoms with E-state index in [1.54, 1.807) is 12.3 Å². The molecule has 0 aliphatic carbocycles. The van der Waals surface area contributed by atoms with Gasteiger partial charge in [0.2, 0.25) is 0 Å². The van der Waals surface area contributed by atoms with Crippen LogP contribution in [0.15, 0.2) is 53.6 Å². The number of pyridine rings is 2. The lowest BCUT2D eigenvalue weighted by atomic mass is 10.1. The van der Waals surface area contributed by atoms with Crippen molar-refractivity contribution in [2.75, 3.05) is 6.54 Å². The van der Waals surface area contributed by atoms with Gasteiger partial charge in [-0.1, -0.05) is 30.3 Å². The van der Waals surface area contributed by atoms with E-state index in [2.05, 4.69) is 10.3 Å². The maximum Gasteiger partial charge on any atom is 0.303 e. The Balaban J connectivity index is 1.84. The second-order valence-corrected chi connectivity index (χ2v) is 6.27. The number of carboxylic acids is 1. The predicted molar refractivity (Wildman–Crippen MR) is 102 cm³/mol. The molecule has 1 aromatic carbocycles. The lowest BCUT2D eigenvalue weighted by Crippen LogP contribution is -2.26. The second-order valence-electron chi connectivity index (χ2n) is 6.27. The second kappa shape index (κ2) is 8.34. The van der Waals surface area contributed by atoms with Gasteiger partial charge >= 0.3 is 5.97 Å². The Hall–Kier alpha value is -3.68. The first-order chi connectivity index (χ1) is 13.5. The van der Waals surface area contributed by atoms with E-state index in [1.807, 2.05) is 30.3 Å². The number of hydrogen-bond acceptors (Lipinski definition) is 5. The molecule has 2 heterocycles. The summed E-state index contributed by atoms with van der Waals surface area (Å²) in [6.07, 6.45) is 3.02. The number of benzene rings is 1. The number of carbonyl (C=O) groups is 2. The van der Waals surface area contributed by atoms with Crippen molar-refractivity contribution in [3.8, 4) is 5.75 Å². The third kappa shape index (κ3) is 4.17. The third-order valence-electron chi connectivity index (χ3n) is 4.27. The average molecular weight is 381 g/mol. The highest BCUT2D eigenvalue weighted by Crippen LogP contribution is 2.24. The van der Waals surface area contributed by atoms with Crippen LogP contribution in [-0.2, 0) is 11.3 Å². The number of nitrogens with zero attached hydrogens (tertiary/aromatic N) is 2. The highest BCUT2D eigenvalue weighted by atomic mass is 16.4. The topological polar surface area (TPSA) is 122 Å². The van der Waals surface area contributed by atoms with Crippen LogP contribution in [0, 0.1) is 0 Å². The summed E-state index contributed by atoms with van der Waals surface area (Å²) in [5, 5.41) is 22.0. The molecular formula is C20H19N3O5. The van der Waals surface area contributed by atoms with Crippen LogP contribution in [0.1, 0.15) is 28.9 Å². The number of fused-ring (bicyclic) bond motifs is 1. The first-order valence-electron chi connectivity index (χ1n) is 8.72. The Morgan fingerprint density at radius 2 is 1.86 bits per heavy atom. The first kappa shape index (κ1) is 19.1. The van der Waals surface area contributed by atoms with Crippen molar-refractivity contribution in [1.29, 1.82) is 0 Å². The van der Waals surface area contributed by atoms with Crippen LogP contribution in [0.25, 0.3) is 10.8 Å². The number of aromatic nitrogens is 2. The van der Waals surface area contributed by atoms with Gasteiger partial charge in [0.25, 0.3) is 11.5 Å². The van der Waals surface area contributed by atoms with Gasteiger partial charge in [-0.2, -0.15) is 0 Å². The van der Waals surface area contributed by atoms with E-state index in [1.165, 1.54) is 10.8 Å². The van der Waals surface area contributed by atoms with E-state index >= 15 is 0 Å². The summed E-state index contributed by atoms with van der Waals surface area (Å²) in [4.78, 5) is 39.3. The van der Waals surface area contributed by atoms with Crippen LogP contribution >= 0.6 is 0 Å². The van der Waals surface area contributed by atoms with Crippen LogP contribution in [0.3, 0.4) is 0 Å². The van der Waals surface area contributed by atoms with Crippen molar-refractivity contribution in [3.05, 3.63) is 70.4 Å². The lowest BCUT2D eigenvalue weighted by molar-refractivity contribution is -0.137. The number of aliphatic carboxylic acids is 1. The lowest BCUT2D eigenvalue weighted by Gasteiger charge is -2.10. The third-order valence-corrected chi connectivity index (χ3v) is 4.27. The summed E-state index contributed by atoms with van der Waals surface area (Å²) in [6.45, 7) is 0.519.